The Morgan fingerprint density at radius 1 is 1.10 bits per heavy atom. The molecule has 5 rings (SSSR count). The normalized spacial score (nSPS) is 18.0. The molecule has 0 radical (unpaired) electrons. The van der Waals surface area contributed by atoms with Crippen molar-refractivity contribution in [2.75, 3.05) is 19.7 Å². The molecule has 3 atom stereocenters. The number of halogens is 1. The maximum atomic E-state index is 15.1. The van der Waals surface area contributed by atoms with Gasteiger partial charge in [-0.2, -0.15) is 0 Å². The Labute approximate surface area is 242 Å². The maximum absolute atomic E-state index is 15.1. The summed E-state index contributed by atoms with van der Waals surface area (Å²) in [4.78, 5) is 18.3. The molecule has 41 heavy (non-hydrogen) atoms. The van der Waals surface area contributed by atoms with Crippen molar-refractivity contribution in [2.45, 2.75) is 71.9 Å². The number of aliphatic carboxylic acids is 1. The number of ether oxygens (including phenoxy) is 2. The molecule has 0 unspecified atom stereocenters. The number of nitrogens with zero attached hydrogens (tertiary/aromatic N) is 2. The number of aryl methyl sites for hydroxylation is 1. The van der Waals surface area contributed by atoms with Crippen LogP contribution in [0.2, 0.25) is 0 Å². The molecule has 218 valence electrons. The van der Waals surface area contributed by atoms with Crippen molar-refractivity contribution in [1.82, 2.24) is 9.88 Å². The maximum Gasteiger partial charge on any atom is 0.306 e. The first kappa shape index (κ1) is 29.1. The largest absolute Gasteiger partial charge is 0.485 e. The van der Waals surface area contributed by atoms with E-state index in [1.165, 1.54) is 6.20 Å². The Kier molecular flexibility index (Phi) is 8.93. The molecule has 1 N–H and O–H groups in total. The highest BCUT2D eigenvalue weighted by Crippen LogP contribution is 2.48. The van der Waals surface area contributed by atoms with Gasteiger partial charge in [-0.3, -0.25) is 9.69 Å². The van der Waals surface area contributed by atoms with Crippen LogP contribution in [-0.2, 0) is 17.8 Å². The Morgan fingerprint density at radius 2 is 1.88 bits per heavy atom. The van der Waals surface area contributed by atoms with Crippen LogP contribution in [0.4, 0.5) is 4.39 Å². The average Bonchev–Trinajstić information content (AvgIpc) is 3.82. The van der Waals surface area contributed by atoms with Gasteiger partial charge in [0, 0.05) is 18.2 Å². The monoisotopic (exact) mass is 560 g/mol. The van der Waals surface area contributed by atoms with E-state index in [9.17, 15) is 9.90 Å². The third-order valence-electron chi connectivity index (χ3n) is 8.68. The zero-order valence-corrected chi connectivity index (χ0v) is 24.5. The van der Waals surface area contributed by atoms with Crippen LogP contribution in [0, 0.1) is 17.7 Å². The van der Waals surface area contributed by atoms with Crippen LogP contribution >= 0.6 is 0 Å². The number of aromatic nitrogens is 1. The predicted octanol–water partition coefficient (Wildman–Crippen LogP) is 7.41. The number of carboxylic acid groups (broad SMARTS) is 1. The van der Waals surface area contributed by atoms with Crippen molar-refractivity contribution in [3.8, 4) is 22.8 Å². The standard InChI is InChI=1S/C34H41FN2O4/c1-5-37(6-2)20-26-16-24(12-14-27(26)28-18-32(40-7-3)36-19-29(28)35)30-15-13-22-8-11-25(17-31(22)41-30)33(23-9-10-23)21(4)34(38)39/h8,11-12,14,16-19,21,23,30,33H,5-7,9-10,13,15,20H2,1-4H3,(H,38,39)/t21-,30-,33-/m0/s1. The fraction of sp³-hybridized carbons (Fsp3) is 0.471. The molecule has 3 aromatic rings. The second kappa shape index (κ2) is 12.6. The summed E-state index contributed by atoms with van der Waals surface area (Å²) in [6.07, 6.45) is 4.97. The lowest BCUT2D eigenvalue weighted by Gasteiger charge is -2.29. The Morgan fingerprint density at radius 3 is 2.56 bits per heavy atom. The van der Waals surface area contributed by atoms with Crippen LogP contribution < -0.4 is 9.47 Å². The molecule has 0 saturated heterocycles. The van der Waals surface area contributed by atoms with Crippen molar-refractivity contribution >= 4 is 5.97 Å². The molecule has 1 aliphatic carbocycles. The minimum atomic E-state index is -0.752. The zero-order valence-electron chi connectivity index (χ0n) is 24.5. The predicted molar refractivity (Wildman–Crippen MR) is 158 cm³/mol. The number of pyridine rings is 1. The van der Waals surface area contributed by atoms with Crippen molar-refractivity contribution in [1.29, 1.82) is 0 Å². The highest BCUT2D eigenvalue weighted by atomic mass is 19.1. The lowest BCUT2D eigenvalue weighted by Crippen LogP contribution is -2.23. The molecule has 1 saturated carbocycles. The van der Waals surface area contributed by atoms with E-state index in [0.29, 0.717) is 30.5 Å². The Hall–Kier alpha value is -3.45. The van der Waals surface area contributed by atoms with Gasteiger partial charge in [-0.25, -0.2) is 9.37 Å². The van der Waals surface area contributed by atoms with Crippen molar-refractivity contribution in [3.05, 3.63) is 76.7 Å². The summed E-state index contributed by atoms with van der Waals surface area (Å²) >= 11 is 0. The van der Waals surface area contributed by atoms with Gasteiger partial charge in [-0.05, 0) is 91.4 Å². The number of fused-ring (bicyclic) bond motifs is 1. The van der Waals surface area contributed by atoms with E-state index in [4.69, 9.17) is 9.47 Å². The molecular formula is C34H41FN2O4. The van der Waals surface area contributed by atoms with Crippen molar-refractivity contribution in [3.63, 3.8) is 0 Å². The van der Waals surface area contributed by atoms with Gasteiger partial charge in [0.05, 0.1) is 18.7 Å². The number of rotatable bonds is 12. The molecule has 2 aromatic carbocycles. The Bertz CT molecular complexity index is 1390. The zero-order chi connectivity index (χ0) is 29.1. The topological polar surface area (TPSA) is 71.9 Å². The summed E-state index contributed by atoms with van der Waals surface area (Å²) < 4.78 is 27.3. The van der Waals surface area contributed by atoms with E-state index < -0.39 is 11.9 Å². The average molecular weight is 561 g/mol. The third-order valence-corrected chi connectivity index (χ3v) is 8.68. The second-order valence-electron chi connectivity index (χ2n) is 11.3. The van der Waals surface area contributed by atoms with Crippen LogP contribution in [-0.4, -0.2) is 40.7 Å². The number of benzene rings is 2. The van der Waals surface area contributed by atoms with Gasteiger partial charge >= 0.3 is 5.97 Å². The van der Waals surface area contributed by atoms with Crippen LogP contribution in [0.25, 0.3) is 11.1 Å². The molecule has 1 fully saturated rings. The smallest absolute Gasteiger partial charge is 0.306 e. The van der Waals surface area contributed by atoms with E-state index in [1.54, 1.807) is 6.07 Å². The van der Waals surface area contributed by atoms with Gasteiger partial charge in [0.2, 0.25) is 5.88 Å². The fourth-order valence-corrected chi connectivity index (χ4v) is 6.15. The highest BCUT2D eigenvalue weighted by molar-refractivity contribution is 5.71. The lowest BCUT2D eigenvalue weighted by molar-refractivity contribution is -0.142. The SMILES string of the molecule is CCOc1cc(-c2ccc([C@@H]3CCc4ccc([C@H](C5CC5)[C@H](C)C(=O)O)cc4O3)cc2CN(CC)CC)c(F)cn1. The fourth-order valence-electron chi connectivity index (χ4n) is 6.15. The summed E-state index contributed by atoms with van der Waals surface area (Å²) in [6, 6.07) is 14.2. The quantitative estimate of drug-likeness (QED) is 0.249. The molecule has 0 bridgehead atoms. The van der Waals surface area contributed by atoms with Gasteiger partial charge in [0.25, 0.3) is 0 Å². The van der Waals surface area contributed by atoms with E-state index in [2.05, 4.69) is 48.0 Å². The molecule has 0 spiro atoms. The highest BCUT2D eigenvalue weighted by Gasteiger charge is 2.39. The molecular weight excluding hydrogens is 519 g/mol. The molecule has 7 heteroatoms. The summed E-state index contributed by atoms with van der Waals surface area (Å²) in [6.45, 7) is 10.9. The van der Waals surface area contributed by atoms with Crippen molar-refractivity contribution < 1.29 is 23.8 Å². The van der Waals surface area contributed by atoms with E-state index in [1.807, 2.05) is 26.0 Å². The van der Waals surface area contributed by atoms with Crippen molar-refractivity contribution in [2.24, 2.45) is 11.8 Å². The number of carboxylic acids is 1. The number of carbonyl (C=O) groups is 1. The van der Waals surface area contributed by atoms with Gasteiger partial charge in [-0.15, -0.1) is 0 Å². The van der Waals surface area contributed by atoms with Gasteiger partial charge in [0.1, 0.15) is 17.7 Å². The summed E-state index contributed by atoms with van der Waals surface area (Å²) in [7, 11) is 0. The lowest BCUT2D eigenvalue weighted by atomic mass is 9.82. The number of hydrogen-bond acceptors (Lipinski definition) is 5. The van der Waals surface area contributed by atoms with Gasteiger partial charge in [0.15, 0.2) is 0 Å². The minimum Gasteiger partial charge on any atom is -0.485 e. The molecule has 2 aliphatic rings. The molecule has 6 nitrogen and oxygen atoms in total. The minimum absolute atomic E-state index is 0.00132. The van der Waals surface area contributed by atoms with Crippen LogP contribution in [0.15, 0.2) is 48.7 Å². The molecule has 2 heterocycles. The van der Waals surface area contributed by atoms with Gasteiger partial charge in [-0.1, -0.05) is 51.1 Å². The Balaban J connectivity index is 1.47. The van der Waals surface area contributed by atoms with Crippen LogP contribution in [0.1, 0.15) is 81.2 Å². The molecule has 1 aliphatic heterocycles. The first-order chi connectivity index (χ1) is 19.8. The first-order valence-corrected chi connectivity index (χ1v) is 15.0. The molecule has 0 amide bonds. The summed E-state index contributed by atoms with van der Waals surface area (Å²) in [5.74, 6) is 0.108. The first-order valence-electron chi connectivity index (χ1n) is 15.0. The second-order valence-corrected chi connectivity index (χ2v) is 11.3. The van der Waals surface area contributed by atoms with Crippen LogP contribution in [0.5, 0.6) is 11.6 Å². The number of hydrogen-bond donors (Lipinski definition) is 1. The van der Waals surface area contributed by atoms with E-state index >= 15 is 4.39 Å². The van der Waals surface area contributed by atoms with E-state index in [-0.39, 0.29) is 17.8 Å². The molecule has 1 aromatic heterocycles. The van der Waals surface area contributed by atoms with Gasteiger partial charge < -0.3 is 14.6 Å². The van der Waals surface area contributed by atoms with E-state index in [0.717, 1.165) is 72.3 Å². The third kappa shape index (κ3) is 6.40. The summed E-state index contributed by atoms with van der Waals surface area (Å²) in [5, 5.41) is 9.74. The van der Waals surface area contributed by atoms with Crippen LogP contribution in [0.3, 0.4) is 0 Å². The summed E-state index contributed by atoms with van der Waals surface area (Å²) in [5.41, 5.74) is 5.61.